The van der Waals surface area contributed by atoms with Gasteiger partial charge in [-0.2, -0.15) is 5.26 Å². The summed E-state index contributed by atoms with van der Waals surface area (Å²) in [6.07, 6.45) is 8.57. The van der Waals surface area contributed by atoms with E-state index >= 15 is 0 Å². The fourth-order valence-electron chi connectivity index (χ4n) is 5.01. The second-order valence-electron chi connectivity index (χ2n) is 9.74. The fraction of sp³-hybridized carbons (Fsp3) is 0.310. The summed E-state index contributed by atoms with van der Waals surface area (Å²) in [5.41, 5.74) is 5.14. The SMILES string of the molecule is CC(OC(=O)Nc1ccc(-c2c(C#N)c3ccc(-c4ncccn4)cc3n2C2CCC2)cc1)C1CC1. The number of fused-ring (bicyclic) bond motifs is 1. The molecule has 1 unspecified atom stereocenters. The van der Waals surface area contributed by atoms with Crippen molar-refractivity contribution in [2.45, 2.75) is 51.2 Å². The number of hydrogen-bond donors (Lipinski definition) is 1. The molecule has 2 aromatic carbocycles. The summed E-state index contributed by atoms with van der Waals surface area (Å²) in [5.74, 6) is 1.16. The van der Waals surface area contributed by atoms with E-state index in [1.165, 1.54) is 6.42 Å². The van der Waals surface area contributed by atoms with Crippen molar-refractivity contribution in [3.63, 3.8) is 0 Å². The van der Waals surface area contributed by atoms with Crippen LogP contribution < -0.4 is 5.32 Å². The van der Waals surface area contributed by atoms with Crippen molar-refractivity contribution < 1.29 is 9.53 Å². The van der Waals surface area contributed by atoms with Gasteiger partial charge in [0.2, 0.25) is 0 Å². The topological polar surface area (TPSA) is 92.8 Å². The van der Waals surface area contributed by atoms with Crippen molar-refractivity contribution in [3.05, 3.63) is 66.5 Å². The van der Waals surface area contributed by atoms with Gasteiger partial charge in [-0.25, -0.2) is 14.8 Å². The van der Waals surface area contributed by atoms with Gasteiger partial charge in [0.15, 0.2) is 5.82 Å². The highest BCUT2D eigenvalue weighted by Gasteiger charge is 2.31. The molecule has 1 amide bonds. The maximum absolute atomic E-state index is 12.3. The smallest absolute Gasteiger partial charge is 0.411 e. The van der Waals surface area contributed by atoms with Gasteiger partial charge in [-0.3, -0.25) is 5.32 Å². The first-order chi connectivity index (χ1) is 17.6. The van der Waals surface area contributed by atoms with Gasteiger partial charge in [-0.15, -0.1) is 0 Å². The Hall–Kier alpha value is -4.18. The zero-order valence-corrected chi connectivity index (χ0v) is 20.1. The number of aromatic nitrogens is 3. The molecule has 0 bridgehead atoms. The van der Waals surface area contributed by atoms with Crippen LogP contribution in [0.4, 0.5) is 10.5 Å². The first-order valence-corrected chi connectivity index (χ1v) is 12.6. The van der Waals surface area contributed by atoms with Crippen molar-refractivity contribution in [1.82, 2.24) is 14.5 Å². The molecule has 1 atom stereocenters. The molecule has 0 spiro atoms. The van der Waals surface area contributed by atoms with Gasteiger partial charge >= 0.3 is 6.09 Å². The molecule has 2 aromatic heterocycles. The van der Waals surface area contributed by atoms with Crippen molar-refractivity contribution in [3.8, 4) is 28.7 Å². The summed E-state index contributed by atoms with van der Waals surface area (Å²) in [4.78, 5) is 21.1. The summed E-state index contributed by atoms with van der Waals surface area (Å²) in [6.45, 7) is 1.94. The lowest BCUT2D eigenvalue weighted by molar-refractivity contribution is 0.108. The van der Waals surface area contributed by atoms with E-state index in [9.17, 15) is 10.1 Å². The zero-order chi connectivity index (χ0) is 24.6. The number of amides is 1. The Morgan fingerprint density at radius 3 is 2.44 bits per heavy atom. The largest absolute Gasteiger partial charge is 0.446 e. The summed E-state index contributed by atoms with van der Waals surface area (Å²) in [6, 6.07) is 18.4. The van der Waals surface area contributed by atoms with Gasteiger partial charge in [0, 0.05) is 35.1 Å². The van der Waals surface area contributed by atoms with Crippen LogP contribution in [0.15, 0.2) is 60.9 Å². The van der Waals surface area contributed by atoms with E-state index < -0.39 is 6.09 Å². The van der Waals surface area contributed by atoms with Crippen LogP contribution in [0.1, 0.15) is 50.6 Å². The molecule has 4 aromatic rings. The van der Waals surface area contributed by atoms with Crippen LogP contribution in [0.5, 0.6) is 0 Å². The quantitative estimate of drug-likeness (QED) is 0.333. The minimum absolute atomic E-state index is 0.0631. The summed E-state index contributed by atoms with van der Waals surface area (Å²) >= 11 is 0. The number of hydrogen-bond acceptors (Lipinski definition) is 5. The van der Waals surface area contributed by atoms with Crippen LogP contribution in [0.25, 0.3) is 33.5 Å². The zero-order valence-electron chi connectivity index (χ0n) is 20.1. The Balaban J connectivity index is 1.37. The molecular weight excluding hydrogens is 450 g/mol. The third kappa shape index (κ3) is 4.09. The third-order valence-corrected chi connectivity index (χ3v) is 7.36. The number of nitrogens with zero attached hydrogens (tertiary/aromatic N) is 4. The number of rotatable bonds is 6. The van der Waals surface area contributed by atoms with E-state index in [4.69, 9.17) is 4.74 Å². The highest BCUT2D eigenvalue weighted by atomic mass is 16.6. The lowest BCUT2D eigenvalue weighted by atomic mass is 9.92. The lowest BCUT2D eigenvalue weighted by Crippen LogP contribution is -2.21. The van der Waals surface area contributed by atoms with E-state index in [1.54, 1.807) is 18.5 Å². The van der Waals surface area contributed by atoms with Crippen molar-refractivity contribution in [2.75, 3.05) is 5.32 Å². The molecule has 36 heavy (non-hydrogen) atoms. The van der Waals surface area contributed by atoms with Gasteiger partial charge in [0.1, 0.15) is 12.2 Å². The van der Waals surface area contributed by atoms with Gasteiger partial charge in [-0.05, 0) is 74.8 Å². The summed E-state index contributed by atoms with van der Waals surface area (Å²) in [7, 11) is 0. The maximum atomic E-state index is 12.3. The number of benzene rings is 2. The Bertz CT molecular complexity index is 1460. The predicted molar refractivity (Wildman–Crippen MR) is 138 cm³/mol. The van der Waals surface area contributed by atoms with Crippen molar-refractivity contribution >= 4 is 22.7 Å². The number of ether oxygens (including phenoxy) is 1. The van der Waals surface area contributed by atoms with E-state index in [0.717, 1.165) is 53.4 Å². The van der Waals surface area contributed by atoms with E-state index in [-0.39, 0.29) is 6.10 Å². The monoisotopic (exact) mass is 477 g/mol. The van der Waals surface area contributed by atoms with Crippen LogP contribution in [0, 0.1) is 17.2 Å². The molecule has 7 nitrogen and oxygen atoms in total. The van der Waals surface area contributed by atoms with Gasteiger partial charge in [0.05, 0.1) is 16.8 Å². The molecule has 2 saturated carbocycles. The maximum Gasteiger partial charge on any atom is 0.411 e. The van der Waals surface area contributed by atoms with Gasteiger partial charge < -0.3 is 9.30 Å². The molecule has 2 heterocycles. The van der Waals surface area contributed by atoms with Crippen molar-refractivity contribution in [1.29, 1.82) is 5.26 Å². The average molecular weight is 478 g/mol. The Morgan fingerprint density at radius 1 is 1.08 bits per heavy atom. The molecule has 180 valence electrons. The van der Waals surface area contributed by atoms with Gasteiger partial charge in [-0.1, -0.05) is 24.3 Å². The number of carbonyl (C=O) groups is 1. The van der Waals surface area contributed by atoms with Crippen molar-refractivity contribution in [2.24, 2.45) is 5.92 Å². The number of nitrogens with one attached hydrogen (secondary N) is 1. The molecule has 2 aliphatic carbocycles. The standard InChI is InChI=1S/C29H27N5O2/c1-18(19-6-7-19)36-29(35)33-22-11-8-20(9-12-22)27-25(17-30)24-13-10-21(28-31-14-3-15-32-28)16-26(24)34(27)23-4-2-5-23/h3,8-16,18-19,23H,2,4-7H2,1H3,(H,33,35). The predicted octanol–water partition coefficient (Wildman–Crippen LogP) is 6.71. The minimum atomic E-state index is -0.431. The summed E-state index contributed by atoms with van der Waals surface area (Å²) in [5, 5.41) is 14.0. The van der Waals surface area contributed by atoms with E-state index in [1.807, 2.05) is 43.3 Å². The molecule has 1 N–H and O–H groups in total. The summed E-state index contributed by atoms with van der Waals surface area (Å²) < 4.78 is 7.80. The molecular formula is C29H27N5O2. The second-order valence-corrected chi connectivity index (χ2v) is 9.74. The van der Waals surface area contributed by atoms with Crippen LogP contribution in [0.2, 0.25) is 0 Å². The van der Waals surface area contributed by atoms with Gasteiger partial charge in [0.25, 0.3) is 0 Å². The van der Waals surface area contributed by atoms with E-state index in [0.29, 0.717) is 29.0 Å². The second kappa shape index (κ2) is 9.12. The first-order valence-electron chi connectivity index (χ1n) is 12.6. The average Bonchev–Trinajstić information content (AvgIpc) is 3.67. The fourth-order valence-corrected chi connectivity index (χ4v) is 5.01. The molecule has 0 saturated heterocycles. The third-order valence-electron chi connectivity index (χ3n) is 7.36. The Kier molecular flexibility index (Phi) is 5.65. The highest BCUT2D eigenvalue weighted by molar-refractivity contribution is 5.97. The molecule has 0 radical (unpaired) electrons. The van der Waals surface area contributed by atoms with Crippen LogP contribution in [-0.4, -0.2) is 26.7 Å². The number of carbonyl (C=O) groups excluding carboxylic acids is 1. The highest BCUT2D eigenvalue weighted by Crippen LogP contribution is 2.43. The normalized spacial score (nSPS) is 16.2. The number of anilines is 1. The van der Waals surface area contributed by atoms with Crippen LogP contribution in [-0.2, 0) is 4.74 Å². The molecule has 0 aliphatic heterocycles. The van der Waals surface area contributed by atoms with Crippen LogP contribution >= 0.6 is 0 Å². The minimum Gasteiger partial charge on any atom is -0.446 e. The number of nitriles is 1. The Morgan fingerprint density at radius 2 is 1.81 bits per heavy atom. The molecule has 6 rings (SSSR count). The lowest BCUT2D eigenvalue weighted by Gasteiger charge is -2.30. The van der Waals surface area contributed by atoms with Crippen LogP contribution in [0.3, 0.4) is 0 Å². The van der Waals surface area contributed by atoms with E-state index in [2.05, 4.69) is 32.0 Å². The molecule has 2 aliphatic rings. The first kappa shape index (κ1) is 22.3. The molecule has 2 fully saturated rings. The molecule has 7 heteroatoms. The Labute approximate surface area is 209 Å².